The summed E-state index contributed by atoms with van der Waals surface area (Å²) in [4.78, 5) is 2.00. The van der Waals surface area contributed by atoms with E-state index in [2.05, 4.69) is 129 Å². The fraction of sp³-hybridized carbons (Fsp3) is 1.00. The first-order valence-corrected chi connectivity index (χ1v) is 35.1. The van der Waals surface area contributed by atoms with Gasteiger partial charge in [-0.15, -0.1) is 0 Å². The minimum Gasteiger partial charge on any atom is -1.00 e. The fourth-order valence-electron chi connectivity index (χ4n) is 3.78. The number of rotatable bonds is 19. The summed E-state index contributed by atoms with van der Waals surface area (Å²) >= 11 is 3.43. The lowest BCUT2D eigenvalue weighted by Crippen LogP contribution is -3.00. The largest absolute Gasteiger partial charge is 1.00 e. The van der Waals surface area contributed by atoms with E-state index in [4.69, 9.17) is 25.3 Å². The molecule has 0 N–H and O–H groups in total. The smallest absolute Gasteiger partial charge is 0.476 e. The van der Waals surface area contributed by atoms with Crippen molar-refractivity contribution in [3.8, 4) is 0 Å². The summed E-state index contributed by atoms with van der Waals surface area (Å²) in [7, 11) is 1.12. The van der Waals surface area contributed by atoms with Gasteiger partial charge in [-0.3, -0.25) is 0 Å². The predicted octanol–water partition coefficient (Wildman–Crippen LogP) is 6.66. The van der Waals surface area contributed by atoms with E-state index in [1.165, 1.54) is 13.0 Å². The lowest BCUT2D eigenvalue weighted by molar-refractivity contribution is -0.870. The molecular formula is C30H84Br2N2O6Si6. The van der Waals surface area contributed by atoms with Crippen LogP contribution in [0.15, 0.2) is 0 Å². The molecule has 0 aromatic rings. The van der Waals surface area contributed by atoms with E-state index in [0.29, 0.717) is 0 Å². The average Bonchev–Trinajstić information content (AvgIpc) is 2.64. The highest BCUT2D eigenvalue weighted by Crippen LogP contribution is 2.23. The van der Waals surface area contributed by atoms with Crippen molar-refractivity contribution in [3.05, 3.63) is 0 Å². The summed E-state index contributed by atoms with van der Waals surface area (Å²) in [5.41, 5.74) is 0. The van der Waals surface area contributed by atoms with Crippen molar-refractivity contribution in [1.29, 1.82) is 0 Å². The van der Waals surface area contributed by atoms with E-state index >= 15 is 0 Å². The topological polar surface area (TPSA) is 58.6 Å². The van der Waals surface area contributed by atoms with Gasteiger partial charge in [0.15, 0.2) is 33.3 Å². The van der Waals surface area contributed by atoms with Crippen LogP contribution < -0.4 is 17.0 Å². The van der Waals surface area contributed by atoms with Crippen molar-refractivity contribution in [2.24, 2.45) is 0 Å². The van der Waals surface area contributed by atoms with Crippen LogP contribution in [0, 0.1) is 0 Å². The molecule has 0 fully saturated rings. The highest BCUT2D eigenvalue weighted by molar-refractivity contribution is 9.09. The number of alkyl halides is 1. The second-order valence-corrected chi connectivity index (χ2v) is 41.7. The first-order chi connectivity index (χ1) is 18.8. The van der Waals surface area contributed by atoms with Crippen LogP contribution >= 0.6 is 15.9 Å². The Hall–Kier alpha value is 1.94. The Morgan fingerprint density at radius 1 is 0.500 bits per heavy atom. The van der Waals surface area contributed by atoms with Crippen molar-refractivity contribution in [1.82, 2.24) is 4.90 Å². The van der Waals surface area contributed by atoms with Gasteiger partial charge in [-0.2, -0.15) is 0 Å². The van der Waals surface area contributed by atoms with E-state index in [-0.39, 0.29) is 31.8 Å². The van der Waals surface area contributed by atoms with Crippen LogP contribution in [0.1, 0.15) is 40.5 Å². The fourth-order valence-corrected chi connectivity index (χ4v) is 25.0. The molecule has 0 atom stereocenters. The molecule has 0 bridgehead atoms. The molecule has 0 saturated heterocycles. The molecule has 0 aliphatic carbocycles. The quantitative estimate of drug-likeness (QED) is 0.0623. The van der Waals surface area contributed by atoms with Crippen molar-refractivity contribution in [3.63, 3.8) is 0 Å². The zero-order valence-corrected chi connectivity index (χ0v) is 41.9. The van der Waals surface area contributed by atoms with Gasteiger partial charge >= 0.3 is 17.6 Å². The molecule has 16 heteroatoms. The molecule has 0 unspecified atom stereocenters. The summed E-state index contributed by atoms with van der Waals surface area (Å²) in [6.45, 7) is 33.1. The van der Waals surface area contributed by atoms with Gasteiger partial charge in [-0.1, -0.05) is 30.8 Å². The standard InChI is InChI=1S/C14H38NO3Si3.C11H29BrO3Si3.C3H9N.2CH4.BrH/c1-15(2,3)13-11-12-14-16-21(10,17-19(4,5)6)18-20(7,8)9;1-16(2,3)14-18(7,15-17(4,5)6)13-11-9-8-10-12;1-4(2)3;;;/h11-14H2,1-10H3;8-11H2,1-7H3;1-3H3;2*1H4;1H/q+1;;;;;/p-1. The minimum absolute atomic E-state index is 0. The van der Waals surface area contributed by atoms with E-state index in [9.17, 15) is 0 Å². The Labute approximate surface area is 316 Å². The molecular weight excluding hydrogens is 813 g/mol. The molecule has 0 amide bonds. The lowest BCUT2D eigenvalue weighted by Gasteiger charge is -2.37. The zero-order chi connectivity index (χ0) is 35.0. The minimum atomic E-state index is -2.50. The molecule has 0 radical (unpaired) electrons. The van der Waals surface area contributed by atoms with Gasteiger partial charge in [0.2, 0.25) is 0 Å². The second-order valence-electron chi connectivity index (χ2n) is 16.7. The molecule has 0 aromatic carbocycles. The van der Waals surface area contributed by atoms with Crippen molar-refractivity contribution >= 4 is 66.8 Å². The van der Waals surface area contributed by atoms with Crippen LogP contribution in [-0.4, -0.2) is 128 Å². The van der Waals surface area contributed by atoms with E-state index < -0.39 is 50.9 Å². The number of nitrogens with zero attached hydrogens (tertiary/aromatic N) is 2. The maximum absolute atomic E-state index is 6.31. The van der Waals surface area contributed by atoms with Crippen molar-refractivity contribution < 1.29 is 46.8 Å². The number of halogens is 2. The molecule has 8 nitrogen and oxygen atoms in total. The molecule has 0 aliphatic heterocycles. The predicted molar refractivity (Wildman–Crippen MR) is 221 cm³/mol. The Kier molecular flexibility index (Phi) is 34.8. The Balaban J connectivity index is -0.000000148. The number of unbranched alkanes of at least 4 members (excludes halogenated alkanes) is 2. The van der Waals surface area contributed by atoms with Gasteiger partial charge < -0.3 is 51.7 Å². The van der Waals surface area contributed by atoms with Gasteiger partial charge in [0.25, 0.3) is 0 Å². The molecule has 0 aliphatic rings. The average molecular weight is 897 g/mol. The van der Waals surface area contributed by atoms with Gasteiger partial charge in [-0.05, 0) is 125 Å². The van der Waals surface area contributed by atoms with E-state index in [1.54, 1.807) is 0 Å². The molecule has 0 spiro atoms. The highest BCUT2D eigenvalue weighted by Gasteiger charge is 2.44. The van der Waals surface area contributed by atoms with Crippen LogP contribution in [0.5, 0.6) is 0 Å². The van der Waals surface area contributed by atoms with Crippen LogP contribution in [0.25, 0.3) is 0 Å². The molecule has 0 saturated carbocycles. The zero-order valence-electron chi connectivity index (χ0n) is 32.8. The van der Waals surface area contributed by atoms with E-state index in [1.807, 2.05) is 26.0 Å². The summed E-state index contributed by atoms with van der Waals surface area (Å²) in [6.07, 6.45) is 4.43. The summed E-state index contributed by atoms with van der Waals surface area (Å²) in [6, 6.07) is 0. The Morgan fingerprint density at radius 2 is 0.739 bits per heavy atom. The van der Waals surface area contributed by atoms with Crippen molar-refractivity contribution in [2.75, 3.05) is 67.4 Å². The summed E-state index contributed by atoms with van der Waals surface area (Å²) in [5.74, 6) is 0. The van der Waals surface area contributed by atoms with Gasteiger partial charge in [0, 0.05) is 31.6 Å². The third-order valence-corrected chi connectivity index (χ3v) is 22.2. The first kappa shape index (κ1) is 60.1. The summed E-state index contributed by atoms with van der Waals surface area (Å²) in [5, 5.41) is 1.03. The molecule has 0 aromatic heterocycles. The summed E-state index contributed by atoms with van der Waals surface area (Å²) < 4.78 is 38.3. The second kappa shape index (κ2) is 26.7. The van der Waals surface area contributed by atoms with Crippen molar-refractivity contribution in [2.45, 2.75) is 132 Å². The third-order valence-electron chi connectivity index (χ3n) is 4.45. The van der Waals surface area contributed by atoms with Crippen LogP contribution in [0.3, 0.4) is 0 Å². The number of quaternary nitrogens is 1. The van der Waals surface area contributed by atoms with Gasteiger partial charge in [0.1, 0.15) is 0 Å². The molecule has 0 rings (SSSR count). The molecule has 0 heterocycles. The van der Waals surface area contributed by atoms with Gasteiger partial charge in [0.05, 0.1) is 27.7 Å². The maximum Gasteiger partial charge on any atom is 0.476 e. The van der Waals surface area contributed by atoms with Crippen LogP contribution in [0.2, 0.25) is 91.7 Å². The highest BCUT2D eigenvalue weighted by atomic mass is 79.9. The first-order valence-electron chi connectivity index (χ1n) is 15.9. The number of hydrogen-bond acceptors (Lipinski definition) is 7. The molecule has 46 heavy (non-hydrogen) atoms. The Bertz CT molecular complexity index is 678. The monoisotopic (exact) mass is 894 g/mol. The Morgan fingerprint density at radius 3 is 0.935 bits per heavy atom. The maximum atomic E-state index is 6.31. The van der Waals surface area contributed by atoms with Crippen LogP contribution in [-0.2, 0) is 25.3 Å². The lowest BCUT2D eigenvalue weighted by atomic mass is 10.3. The normalized spacial score (nSPS) is 12.9. The SMILES string of the molecule is C.C.CN(C)C.C[N+](C)(C)CCCCO[Si](C)(O[Si](C)(C)C)O[Si](C)(C)C.C[Si](C)(C)O[Si](C)(OCCCCBr)O[Si](C)(C)C.[Br-]. The van der Waals surface area contributed by atoms with Gasteiger partial charge in [-0.25, -0.2) is 0 Å². The molecule has 288 valence electrons. The number of hydrogen-bond donors (Lipinski definition) is 0. The van der Waals surface area contributed by atoms with Crippen LogP contribution in [0.4, 0.5) is 0 Å². The third kappa shape index (κ3) is 50.3. The van der Waals surface area contributed by atoms with E-state index in [0.717, 1.165) is 42.3 Å².